The van der Waals surface area contributed by atoms with Gasteiger partial charge in [0, 0.05) is 6.54 Å². The van der Waals surface area contributed by atoms with Crippen LogP contribution in [0.15, 0.2) is 78.9 Å². The van der Waals surface area contributed by atoms with Crippen molar-refractivity contribution in [3.8, 4) is 11.5 Å². The SMILES string of the molecule is CCNCCOC(c1ccccc1)(c1ccc(OC)cc1)c1ccc(OC)cc1. The van der Waals surface area contributed by atoms with Gasteiger partial charge in [-0.15, -0.1) is 0 Å². The zero-order chi connectivity index (χ0) is 20.5. The van der Waals surface area contributed by atoms with E-state index in [9.17, 15) is 0 Å². The first-order chi connectivity index (χ1) is 14.2. The Labute approximate surface area is 173 Å². The van der Waals surface area contributed by atoms with Gasteiger partial charge >= 0.3 is 0 Å². The first-order valence-corrected chi connectivity index (χ1v) is 9.94. The molecule has 0 aromatic heterocycles. The molecule has 0 heterocycles. The van der Waals surface area contributed by atoms with Crippen LogP contribution in [0.4, 0.5) is 0 Å². The lowest BCUT2D eigenvalue weighted by Crippen LogP contribution is -2.35. The predicted octanol–water partition coefficient (Wildman–Crippen LogP) is 4.62. The van der Waals surface area contributed by atoms with Crippen LogP contribution in [0.5, 0.6) is 11.5 Å². The molecule has 0 spiro atoms. The second kappa shape index (κ2) is 10.1. The zero-order valence-corrected chi connectivity index (χ0v) is 17.4. The number of likely N-dealkylation sites (N-methyl/N-ethyl adjacent to an activating group) is 1. The third-order valence-corrected chi connectivity index (χ3v) is 5.02. The number of benzene rings is 3. The molecule has 0 radical (unpaired) electrons. The van der Waals surface area contributed by atoms with Gasteiger partial charge in [0.2, 0.25) is 0 Å². The van der Waals surface area contributed by atoms with Crippen molar-refractivity contribution in [3.05, 3.63) is 95.6 Å². The minimum absolute atomic E-state index is 0.570. The number of nitrogens with one attached hydrogen (secondary N) is 1. The van der Waals surface area contributed by atoms with Gasteiger partial charge in [0.25, 0.3) is 0 Å². The minimum Gasteiger partial charge on any atom is -0.497 e. The van der Waals surface area contributed by atoms with Crippen LogP contribution in [-0.4, -0.2) is 33.9 Å². The number of hydrogen-bond donors (Lipinski definition) is 1. The molecule has 152 valence electrons. The molecular formula is C25H29NO3. The molecule has 4 nitrogen and oxygen atoms in total. The Kier molecular flexibility index (Phi) is 7.28. The molecule has 0 unspecified atom stereocenters. The second-order valence-electron chi connectivity index (χ2n) is 6.71. The van der Waals surface area contributed by atoms with E-state index >= 15 is 0 Å². The number of rotatable bonds is 10. The maximum Gasteiger partial charge on any atom is 0.143 e. The Morgan fingerprint density at radius 3 is 1.62 bits per heavy atom. The molecule has 4 heteroatoms. The molecule has 3 aromatic carbocycles. The van der Waals surface area contributed by atoms with Crippen LogP contribution < -0.4 is 14.8 Å². The zero-order valence-electron chi connectivity index (χ0n) is 17.4. The first kappa shape index (κ1) is 20.9. The second-order valence-corrected chi connectivity index (χ2v) is 6.71. The fourth-order valence-electron chi connectivity index (χ4n) is 3.53. The maximum absolute atomic E-state index is 6.69. The maximum atomic E-state index is 6.69. The lowest BCUT2D eigenvalue weighted by atomic mass is 9.80. The highest BCUT2D eigenvalue weighted by Gasteiger charge is 2.37. The molecule has 29 heavy (non-hydrogen) atoms. The molecular weight excluding hydrogens is 362 g/mol. The van der Waals surface area contributed by atoms with Gasteiger partial charge in [0.15, 0.2) is 0 Å². The highest BCUT2D eigenvalue weighted by Crippen LogP contribution is 2.41. The lowest BCUT2D eigenvalue weighted by Gasteiger charge is -2.36. The fraction of sp³-hybridized carbons (Fsp3) is 0.280. The number of hydrogen-bond acceptors (Lipinski definition) is 4. The Morgan fingerprint density at radius 1 is 0.690 bits per heavy atom. The molecule has 3 rings (SSSR count). The summed E-state index contributed by atoms with van der Waals surface area (Å²) in [6, 6.07) is 26.5. The van der Waals surface area contributed by atoms with Crippen molar-refractivity contribution in [1.29, 1.82) is 0 Å². The Hall–Kier alpha value is -2.82. The average Bonchev–Trinajstić information content (AvgIpc) is 2.80. The van der Waals surface area contributed by atoms with Crippen LogP contribution in [0.1, 0.15) is 23.6 Å². The van der Waals surface area contributed by atoms with E-state index in [1.54, 1.807) is 14.2 Å². The molecule has 0 atom stereocenters. The molecule has 0 aliphatic rings. The molecule has 3 aromatic rings. The Bertz CT molecular complexity index is 813. The lowest BCUT2D eigenvalue weighted by molar-refractivity contribution is 0.0150. The van der Waals surface area contributed by atoms with Gasteiger partial charge in [0.1, 0.15) is 17.1 Å². The number of ether oxygens (including phenoxy) is 3. The van der Waals surface area contributed by atoms with E-state index in [0.717, 1.165) is 41.3 Å². The van der Waals surface area contributed by atoms with Gasteiger partial charge in [-0.25, -0.2) is 0 Å². The minimum atomic E-state index is -0.741. The van der Waals surface area contributed by atoms with Crippen molar-refractivity contribution in [2.75, 3.05) is 33.9 Å². The predicted molar refractivity (Wildman–Crippen MR) is 117 cm³/mol. The van der Waals surface area contributed by atoms with E-state index < -0.39 is 5.60 Å². The van der Waals surface area contributed by atoms with Crippen molar-refractivity contribution in [3.63, 3.8) is 0 Å². The van der Waals surface area contributed by atoms with E-state index in [-0.39, 0.29) is 0 Å². The van der Waals surface area contributed by atoms with Crippen LogP contribution in [0.25, 0.3) is 0 Å². The van der Waals surface area contributed by atoms with Crippen LogP contribution in [0, 0.1) is 0 Å². The molecule has 0 aliphatic carbocycles. The normalized spacial score (nSPS) is 11.3. The van der Waals surface area contributed by atoms with E-state index in [1.807, 2.05) is 42.5 Å². The molecule has 1 N–H and O–H groups in total. The molecule has 0 amide bonds. The van der Waals surface area contributed by atoms with Crippen molar-refractivity contribution >= 4 is 0 Å². The highest BCUT2D eigenvalue weighted by molar-refractivity contribution is 5.49. The van der Waals surface area contributed by atoms with Gasteiger partial charge in [-0.3, -0.25) is 0 Å². The molecule has 0 bridgehead atoms. The van der Waals surface area contributed by atoms with Gasteiger partial charge in [-0.1, -0.05) is 61.5 Å². The van der Waals surface area contributed by atoms with Crippen LogP contribution in [-0.2, 0) is 10.3 Å². The Balaban J connectivity index is 2.15. The topological polar surface area (TPSA) is 39.7 Å². The number of methoxy groups -OCH3 is 2. The highest BCUT2D eigenvalue weighted by atomic mass is 16.5. The molecule has 0 saturated heterocycles. The summed E-state index contributed by atoms with van der Waals surface area (Å²) in [5.74, 6) is 1.64. The summed E-state index contributed by atoms with van der Waals surface area (Å²) < 4.78 is 17.4. The quantitative estimate of drug-likeness (QED) is 0.404. The summed E-state index contributed by atoms with van der Waals surface area (Å²) in [4.78, 5) is 0. The van der Waals surface area contributed by atoms with Gasteiger partial charge in [-0.2, -0.15) is 0 Å². The summed E-state index contributed by atoms with van der Waals surface area (Å²) in [7, 11) is 3.35. The van der Waals surface area contributed by atoms with Crippen molar-refractivity contribution in [2.24, 2.45) is 0 Å². The average molecular weight is 392 g/mol. The summed E-state index contributed by atoms with van der Waals surface area (Å²) in [6.45, 7) is 4.35. The van der Waals surface area contributed by atoms with Crippen molar-refractivity contribution < 1.29 is 14.2 Å². The third kappa shape index (κ3) is 4.61. The van der Waals surface area contributed by atoms with Crippen LogP contribution in [0.3, 0.4) is 0 Å². The summed E-state index contributed by atoms with van der Waals surface area (Å²) >= 11 is 0. The largest absolute Gasteiger partial charge is 0.497 e. The van der Waals surface area contributed by atoms with E-state index in [4.69, 9.17) is 14.2 Å². The standard InChI is InChI=1S/C25H29NO3/c1-4-26-18-19-29-25(20-8-6-5-7-9-20,21-10-14-23(27-2)15-11-21)22-12-16-24(28-3)17-13-22/h5-17,26H,4,18-19H2,1-3H3. The summed E-state index contributed by atoms with van der Waals surface area (Å²) in [5, 5.41) is 3.35. The monoisotopic (exact) mass is 391 g/mol. The summed E-state index contributed by atoms with van der Waals surface area (Å²) in [6.07, 6.45) is 0. The van der Waals surface area contributed by atoms with Crippen LogP contribution in [0.2, 0.25) is 0 Å². The Morgan fingerprint density at radius 2 is 1.17 bits per heavy atom. The third-order valence-electron chi connectivity index (χ3n) is 5.02. The van der Waals surface area contributed by atoms with E-state index in [1.165, 1.54) is 0 Å². The van der Waals surface area contributed by atoms with Crippen molar-refractivity contribution in [2.45, 2.75) is 12.5 Å². The smallest absolute Gasteiger partial charge is 0.143 e. The molecule has 0 saturated carbocycles. The van der Waals surface area contributed by atoms with Gasteiger partial charge in [-0.05, 0) is 47.5 Å². The fourth-order valence-corrected chi connectivity index (χ4v) is 3.53. The first-order valence-electron chi connectivity index (χ1n) is 9.94. The molecule has 0 aliphatic heterocycles. The van der Waals surface area contributed by atoms with Crippen molar-refractivity contribution in [1.82, 2.24) is 5.32 Å². The summed E-state index contributed by atoms with van der Waals surface area (Å²) in [5.41, 5.74) is 2.43. The van der Waals surface area contributed by atoms with Gasteiger partial charge < -0.3 is 19.5 Å². The van der Waals surface area contributed by atoms with E-state index in [2.05, 4.69) is 48.6 Å². The van der Waals surface area contributed by atoms with Gasteiger partial charge in [0.05, 0.1) is 20.8 Å². The van der Waals surface area contributed by atoms with E-state index in [0.29, 0.717) is 6.61 Å². The van der Waals surface area contributed by atoms with Crippen LogP contribution >= 0.6 is 0 Å². The molecule has 0 fully saturated rings.